The van der Waals surface area contributed by atoms with E-state index in [-0.39, 0.29) is 0 Å². The van der Waals surface area contributed by atoms with Crippen LogP contribution in [0.2, 0.25) is 0 Å². The Labute approximate surface area is 131 Å². The van der Waals surface area contributed by atoms with Crippen molar-refractivity contribution in [3.8, 4) is 0 Å². The number of fused-ring (bicyclic) bond motifs is 2. The standard InChI is InChI=1S/C18H22N4/c1-12(2)22-11-13-7-3-4-8-14(13)18(21-20)17(19)15-9-5-6-10-16(15)22/h3-10,12,21H,11,19-20H2,1-2H3/b18-17-. The first-order valence-corrected chi connectivity index (χ1v) is 7.54. The van der Waals surface area contributed by atoms with Crippen LogP contribution < -0.4 is 21.9 Å². The van der Waals surface area contributed by atoms with E-state index in [1.807, 2.05) is 24.3 Å². The molecule has 1 aliphatic rings. The largest absolute Gasteiger partial charge is 0.396 e. The van der Waals surface area contributed by atoms with E-state index in [0.29, 0.717) is 11.7 Å². The Hall–Kier alpha value is -2.46. The summed E-state index contributed by atoms with van der Waals surface area (Å²) in [7, 11) is 0. The lowest BCUT2D eigenvalue weighted by atomic mass is 9.96. The van der Waals surface area contributed by atoms with E-state index in [2.05, 4.69) is 48.4 Å². The van der Waals surface area contributed by atoms with E-state index in [0.717, 1.165) is 29.1 Å². The number of anilines is 1. The summed E-state index contributed by atoms with van der Waals surface area (Å²) in [5.74, 6) is 5.78. The van der Waals surface area contributed by atoms with E-state index in [1.54, 1.807) is 0 Å². The van der Waals surface area contributed by atoms with Gasteiger partial charge in [-0.15, -0.1) is 0 Å². The summed E-state index contributed by atoms with van der Waals surface area (Å²) < 4.78 is 0. The van der Waals surface area contributed by atoms with Crippen LogP contribution in [0.4, 0.5) is 5.69 Å². The molecular formula is C18H22N4. The molecule has 0 saturated carbocycles. The summed E-state index contributed by atoms with van der Waals surface area (Å²) in [6, 6.07) is 16.8. The monoisotopic (exact) mass is 294 g/mol. The first kappa shape index (κ1) is 14.5. The van der Waals surface area contributed by atoms with Gasteiger partial charge in [0, 0.05) is 29.4 Å². The van der Waals surface area contributed by atoms with Gasteiger partial charge in [-0.3, -0.25) is 5.84 Å². The highest BCUT2D eigenvalue weighted by Gasteiger charge is 2.23. The zero-order valence-corrected chi connectivity index (χ0v) is 13.0. The lowest BCUT2D eigenvalue weighted by Gasteiger charge is -2.34. The average Bonchev–Trinajstić information content (AvgIpc) is 2.53. The normalized spacial score (nSPS) is 17.5. The van der Waals surface area contributed by atoms with Crippen molar-refractivity contribution in [2.75, 3.05) is 4.90 Å². The minimum atomic E-state index is 0.370. The van der Waals surface area contributed by atoms with E-state index >= 15 is 0 Å². The number of para-hydroxylation sites is 1. The van der Waals surface area contributed by atoms with Crippen LogP contribution in [0.5, 0.6) is 0 Å². The molecule has 0 aliphatic carbocycles. The molecule has 1 aliphatic heterocycles. The number of hydrazine groups is 1. The van der Waals surface area contributed by atoms with Gasteiger partial charge in [-0.05, 0) is 25.5 Å². The van der Waals surface area contributed by atoms with Gasteiger partial charge in [0.2, 0.25) is 0 Å². The van der Waals surface area contributed by atoms with Crippen molar-refractivity contribution < 1.29 is 0 Å². The molecule has 0 aromatic heterocycles. The zero-order valence-electron chi connectivity index (χ0n) is 13.0. The van der Waals surface area contributed by atoms with Crippen molar-refractivity contribution in [3.63, 3.8) is 0 Å². The molecule has 0 fully saturated rings. The molecule has 0 atom stereocenters. The highest BCUT2D eigenvalue weighted by atomic mass is 15.2. The van der Waals surface area contributed by atoms with E-state index in [1.165, 1.54) is 5.56 Å². The maximum Gasteiger partial charge on any atom is 0.0799 e. The average molecular weight is 294 g/mol. The summed E-state index contributed by atoms with van der Waals surface area (Å²) in [6.45, 7) is 5.22. The van der Waals surface area contributed by atoms with Gasteiger partial charge in [0.05, 0.1) is 11.4 Å². The molecule has 2 aromatic carbocycles. The molecule has 0 radical (unpaired) electrons. The van der Waals surface area contributed by atoms with Crippen LogP contribution in [0.3, 0.4) is 0 Å². The highest BCUT2D eigenvalue weighted by Crippen LogP contribution is 2.34. The van der Waals surface area contributed by atoms with Gasteiger partial charge in [0.1, 0.15) is 0 Å². The van der Waals surface area contributed by atoms with Crippen LogP contribution in [-0.4, -0.2) is 6.04 Å². The van der Waals surface area contributed by atoms with Gasteiger partial charge < -0.3 is 16.1 Å². The maximum absolute atomic E-state index is 6.46. The van der Waals surface area contributed by atoms with Gasteiger partial charge in [0.15, 0.2) is 0 Å². The molecule has 22 heavy (non-hydrogen) atoms. The highest BCUT2D eigenvalue weighted by molar-refractivity contribution is 5.93. The first-order chi connectivity index (χ1) is 10.6. The van der Waals surface area contributed by atoms with Crippen LogP contribution in [0, 0.1) is 0 Å². The molecule has 0 saturated heterocycles. The number of hydrogen-bond acceptors (Lipinski definition) is 4. The maximum atomic E-state index is 6.46. The number of rotatable bonds is 2. The van der Waals surface area contributed by atoms with Crippen molar-refractivity contribution in [1.29, 1.82) is 0 Å². The summed E-state index contributed by atoms with van der Waals surface area (Å²) in [6.07, 6.45) is 0. The summed E-state index contributed by atoms with van der Waals surface area (Å²) in [5.41, 5.74) is 15.1. The predicted molar refractivity (Wildman–Crippen MR) is 92.5 cm³/mol. The molecule has 0 spiro atoms. The van der Waals surface area contributed by atoms with Crippen LogP contribution in [-0.2, 0) is 6.54 Å². The van der Waals surface area contributed by atoms with Crippen molar-refractivity contribution in [3.05, 3.63) is 65.2 Å². The fourth-order valence-corrected chi connectivity index (χ4v) is 3.02. The summed E-state index contributed by atoms with van der Waals surface area (Å²) >= 11 is 0. The Bertz CT molecular complexity index is 719. The quantitative estimate of drug-likeness (QED) is 0.588. The SMILES string of the molecule is CC(C)N1Cc2ccccc2/C(NN)=C(/N)c2ccccc21. The summed E-state index contributed by atoms with van der Waals surface area (Å²) in [4.78, 5) is 2.37. The number of nitrogens with two attached hydrogens (primary N) is 2. The van der Waals surface area contributed by atoms with Gasteiger partial charge in [-0.2, -0.15) is 0 Å². The number of benzene rings is 2. The van der Waals surface area contributed by atoms with Crippen LogP contribution in [0.25, 0.3) is 11.4 Å². The minimum Gasteiger partial charge on any atom is -0.396 e. The van der Waals surface area contributed by atoms with Crippen molar-refractivity contribution in [2.45, 2.75) is 26.4 Å². The van der Waals surface area contributed by atoms with Gasteiger partial charge in [0.25, 0.3) is 0 Å². The second-order valence-corrected chi connectivity index (χ2v) is 5.83. The third kappa shape index (κ3) is 2.31. The molecule has 4 nitrogen and oxygen atoms in total. The Morgan fingerprint density at radius 2 is 1.64 bits per heavy atom. The van der Waals surface area contributed by atoms with Gasteiger partial charge >= 0.3 is 0 Å². The Morgan fingerprint density at radius 3 is 2.32 bits per heavy atom. The fraction of sp³-hybridized carbons (Fsp3) is 0.222. The second-order valence-electron chi connectivity index (χ2n) is 5.83. The van der Waals surface area contributed by atoms with Crippen LogP contribution in [0.15, 0.2) is 48.5 Å². The number of nitrogens with one attached hydrogen (secondary N) is 1. The minimum absolute atomic E-state index is 0.370. The molecule has 3 rings (SSSR count). The Kier molecular flexibility index (Phi) is 3.77. The van der Waals surface area contributed by atoms with Gasteiger partial charge in [-0.25, -0.2) is 0 Å². The van der Waals surface area contributed by atoms with E-state index in [4.69, 9.17) is 11.6 Å². The number of nitrogens with zero attached hydrogens (tertiary/aromatic N) is 1. The molecule has 0 amide bonds. The third-order valence-corrected chi connectivity index (χ3v) is 4.17. The fourth-order valence-electron chi connectivity index (χ4n) is 3.02. The topological polar surface area (TPSA) is 67.3 Å². The molecule has 114 valence electrons. The van der Waals surface area contributed by atoms with Crippen LogP contribution in [0.1, 0.15) is 30.5 Å². The first-order valence-electron chi connectivity index (χ1n) is 7.54. The van der Waals surface area contributed by atoms with Crippen LogP contribution >= 0.6 is 0 Å². The van der Waals surface area contributed by atoms with Crippen molar-refractivity contribution in [1.82, 2.24) is 5.43 Å². The molecular weight excluding hydrogens is 272 g/mol. The lowest BCUT2D eigenvalue weighted by Crippen LogP contribution is -2.34. The Balaban J connectivity index is 2.32. The van der Waals surface area contributed by atoms with Crippen molar-refractivity contribution in [2.24, 2.45) is 11.6 Å². The summed E-state index contributed by atoms with van der Waals surface area (Å²) in [5, 5.41) is 0. The molecule has 4 heteroatoms. The molecule has 0 unspecified atom stereocenters. The zero-order chi connectivity index (χ0) is 15.7. The molecule has 5 N–H and O–H groups in total. The van der Waals surface area contributed by atoms with Gasteiger partial charge in [-0.1, -0.05) is 42.5 Å². The smallest absolute Gasteiger partial charge is 0.0799 e. The molecule has 2 aromatic rings. The molecule has 1 heterocycles. The molecule has 0 bridgehead atoms. The second kappa shape index (κ2) is 5.73. The third-order valence-electron chi connectivity index (χ3n) is 4.17. The van der Waals surface area contributed by atoms with Crippen molar-refractivity contribution >= 4 is 17.1 Å². The van der Waals surface area contributed by atoms with E-state index in [9.17, 15) is 0 Å². The van der Waals surface area contributed by atoms with E-state index < -0.39 is 0 Å². The Morgan fingerprint density at radius 1 is 1.00 bits per heavy atom. The predicted octanol–water partition coefficient (Wildman–Crippen LogP) is 2.66. The lowest BCUT2D eigenvalue weighted by molar-refractivity contribution is 0.679. The number of hydrogen-bond donors (Lipinski definition) is 3.